The maximum atomic E-state index is 14.2. The molecule has 2 fully saturated rings. The third-order valence-electron chi connectivity index (χ3n) is 5.26. The molecule has 1 aliphatic carbocycles. The highest BCUT2D eigenvalue weighted by atomic mass is 35.5. The van der Waals surface area contributed by atoms with Gasteiger partial charge in [0.15, 0.2) is 11.0 Å². The molecule has 1 saturated carbocycles. The number of sulfonamides is 1. The average Bonchev–Trinajstić information content (AvgIpc) is 3.26. The van der Waals surface area contributed by atoms with Crippen molar-refractivity contribution in [3.05, 3.63) is 41.4 Å². The van der Waals surface area contributed by atoms with E-state index in [0.29, 0.717) is 30.2 Å². The predicted octanol–water partition coefficient (Wildman–Crippen LogP) is 3.40. The minimum absolute atomic E-state index is 0.169. The van der Waals surface area contributed by atoms with Crippen LogP contribution in [-0.2, 0) is 17.1 Å². The van der Waals surface area contributed by atoms with E-state index in [1.165, 1.54) is 22.5 Å². The molecule has 1 saturated heterocycles. The quantitative estimate of drug-likeness (QED) is 0.767. The van der Waals surface area contributed by atoms with E-state index in [4.69, 9.17) is 11.6 Å². The third kappa shape index (κ3) is 3.17. The summed E-state index contributed by atoms with van der Waals surface area (Å²) in [7, 11) is -1.89. The van der Waals surface area contributed by atoms with E-state index >= 15 is 0 Å². The lowest BCUT2D eigenvalue weighted by molar-refractivity contribution is 0.441. The highest BCUT2D eigenvalue weighted by molar-refractivity contribution is 7.99. The number of benzene rings is 1. The zero-order valence-corrected chi connectivity index (χ0v) is 16.6. The standard InChI is InChI=1S/C17H19ClFN3O2S2/c1-21-6-5-20-17(21)25-13-7-11-9-22(10-12(11)8-13)26(23,24)15-4-2-3-14(18)16(15)19/h2-6,11-13H,7-10H2,1H3/t11-,12+,13?. The van der Waals surface area contributed by atoms with Crippen LogP contribution in [0.5, 0.6) is 0 Å². The van der Waals surface area contributed by atoms with Crippen LogP contribution in [0.3, 0.4) is 0 Å². The predicted molar refractivity (Wildman–Crippen MR) is 99.2 cm³/mol. The smallest absolute Gasteiger partial charge is 0.246 e. The lowest BCUT2D eigenvalue weighted by Gasteiger charge is -2.19. The van der Waals surface area contributed by atoms with Gasteiger partial charge in [0.2, 0.25) is 10.0 Å². The molecule has 2 aliphatic rings. The van der Waals surface area contributed by atoms with Crippen molar-refractivity contribution in [2.45, 2.75) is 28.1 Å². The summed E-state index contributed by atoms with van der Waals surface area (Å²) in [6, 6.07) is 4.10. The van der Waals surface area contributed by atoms with Gasteiger partial charge in [0.25, 0.3) is 0 Å². The van der Waals surface area contributed by atoms with E-state index in [9.17, 15) is 12.8 Å². The summed E-state index contributed by atoms with van der Waals surface area (Å²) in [5, 5.41) is 1.26. The topological polar surface area (TPSA) is 55.2 Å². The molecule has 1 aromatic heterocycles. The molecule has 1 aliphatic heterocycles. The number of aryl methyl sites for hydroxylation is 1. The van der Waals surface area contributed by atoms with Crippen LogP contribution < -0.4 is 0 Å². The van der Waals surface area contributed by atoms with Gasteiger partial charge in [-0.05, 0) is 36.8 Å². The number of halogens is 2. The van der Waals surface area contributed by atoms with Crippen molar-refractivity contribution in [2.75, 3.05) is 13.1 Å². The second kappa shape index (κ2) is 6.82. The number of thioether (sulfide) groups is 1. The van der Waals surface area contributed by atoms with Crippen molar-refractivity contribution in [3.8, 4) is 0 Å². The van der Waals surface area contributed by atoms with E-state index < -0.39 is 15.8 Å². The van der Waals surface area contributed by atoms with E-state index in [0.717, 1.165) is 18.0 Å². The van der Waals surface area contributed by atoms with Crippen molar-refractivity contribution in [2.24, 2.45) is 18.9 Å². The fourth-order valence-electron chi connectivity index (χ4n) is 3.93. The molecule has 4 rings (SSSR count). The molecule has 1 aromatic carbocycles. The summed E-state index contributed by atoms with van der Waals surface area (Å²) in [5.74, 6) is -0.246. The van der Waals surface area contributed by atoms with Gasteiger partial charge >= 0.3 is 0 Å². The van der Waals surface area contributed by atoms with E-state index in [1.54, 1.807) is 18.0 Å². The summed E-state index contributed by atoms with van der Waals surface area (Å²) in [6.45, 7) is 0.882. The number of rotatable bonds is 4. The molecule has 2 heterocycles. The van der Waals surface area contributed by atoms with Crippen molar-refractivity contribution in [1.29, 1.82) is 0 Å². The number of hydrogen-bond donors (Lipinski definition) is 0. The first-order chi connectivity index (χ1) is 12.4. The van der Waals surface area contributed by atoms with E-state index in [-0.39, 0.29) is 9.92 Å². The fourth-order valence-corrected chi connectivity index (χ4v) is 7.14. The Morgan fingerprint density at radius 3 is 2.58 bits per heavy atom. The Kier molecular flexibility index (Phi) is 4.79. The van der Waals surface area contributed by atoms with Crippen LogP contribution in [0.1, 0.15) is 12.8 Å². The SMILES string of the molecule is Cn1ccnc1SC1C[C@@H]2CN(S(=O)(=O)c3cccc(Cl)c3F)C[C@@H]2C1. The molecule has 140 valence electrons. The second-order valence-corrected chi connectivity index (χ2v) is 10.5. The molecule has 2 aromatic rings. The monoisotopic (exact) mass is 415 g/mol. The first-order valence-corrected chi connectivity index (χ1v) is 11.1. The lowest BCUT2D eigenvalue weighted by atomic mass is 10.0. The molecule has 0 radical (unpaired) electrons. The Balaban J connectivity index is 1.46. The molecule has 9 heteroatoms. The largest absolute Gasteiger partial charge is 0.329 e. The van der Waals surface area contributed by atoms with Crippen LogP contribution in [0, 0.1) is 17.7 Å². The summed E-state index contributed by atoms with van der Waals surface area (Å²) in [5.41, 5.74) is 0. The maximum Gasteiger partial charge on any atom is 0.246 e. The zero-order chi connectivity index (χ0) is 18.5. The average molecular weight is 416 g/mol. The van der Waals surface area contributed by atoms with Crippen LogP contribution in [-0.4, -0.2) is 40.6 Å². The number of aromatic nitrogens is 2. The molecule has 0 spiro atoms. The Hall–Kier alpha value is -1.09. The number of fused-ring (bicyclic) bond motifs is 1. The minimum atomic E-state index is -3.86. The minimum Gasteiger partial charge on any atom is -0.329 e. The van der Waals surface area contributed by atoms with Gasteiger partial charge in [0, 0.05) is 37.8 Å². The molecule has 0 amide bonds. The first-order valence-electron chi connectivity index (χ1n) is 8.44. The number of imidazole rings is 1. The van der Waals surface area contributed by atoms with Gasteiger partial charge in [0.05, 0.1) is 5.02 Å². The van der Waals surface area contributed by atoms with E-state index in [2.05, 4.69) is 4.98 Å². The normalized spacial score (nSPS) is 26.3. The molecular weight excluding hydrogens is 397 g/mol. The molecule has 1 unspecified atom stereocenters. The second-order valence-electron chi connectivity index (χ2n) is 6.93. The zero-order valence-electron chi connectivity index (χ0n) is 14.2. The summed E-state index contributed by atoms with van der Waals surface area (Å²) < 4.78 is 43.3. The van der Waals surface area contributed by atoms with Gasteiger partial charge in [-0.3, -0.25) is 0 Å². The summed E-state index contributed by atoms with van der Waals surface area (Å²) in [4.78, 5) is 4.02. The Morgan fingerprint density at radius 1 is 1.27 bits per heavy atom. The van der Waals surface area contributed by atoms with Gasteiger partial charge in [-0.15, -0.1) is 0 Å². The van der Waals surface area contributed by atoms with Crippen molar-refractivity contribution in [3.63, 3.8) is 0 Å². The Bertz CT molecular complexity index is 920. The van der Waals surface area contributed by atoms with Crippen LogP contribution in [0.25, 0.3) is 0 Å². The Morgan fingerprint density at radius 2 is 1.96 bits per heavy atom. The number of nitrogens with zero attached hydrogens (tertiary/aromatic N) is 3. The van der Waals surface area contributed by atoms with Crippen molar-refractivity contribution >= 4 is 33.4 Å². The molecule has 3 atom stereocenters. The highest BCUT2D eigenvalue weighted by Gasteiger charge is 2.45. The van der Waals surface area contributed by atoms with Crippen LogP contribution in [0.2, 0.25) is 5.02 Å². The molecule has 0 N–H and O–H groups in total. The van der Waals surface area contributed by atoms with Crippen LogP contribution in [0.15, 0.2) is 40.6 Å². The molecular formula is C17H19ClFN3O2S2. The molecule has 0 bridgehead atoms. The van der Waals surface area contributed by atoms with Gasteiger partial charge in [-0.2, -0.15) is 4.31 Å². The third-order valence-corrected chi connectivity index (χ3v) is 8.72. The molecule has 5 nitrogen and oxygen atoms in total. The van der Waals surface area contributed by atoms with Crippen LogP contribution >= 0.6 is 23.4 Å². The van der Waals surface area contributed by atoms with Gasteiger partial charge in [0.1, 0.15) is 4.90 Å². The molecule has 26 heavy (non-hydrogen) atoms. The Labute approximate surface area is 161 Å². The first kappa shape index (κ1) is 18.3. The van der Waals surface area contributed by atoms with Gasteiger partial charge in [-0.25, -0.2) is 17.8 Å². The van der Waals surface area contributed by atoms with Crippen molar-refractivity contribution < 1.29 is 12.8 Å². The lowest BCUT2D eigenvalue weighted by Crippen LogP contribution is -2.31. The van der Waals surface area contributed by atoms with E-state index in [1.807, 2.05) is 17.8 Å². The summed E-state index contributed by atoms with van der Waals surface area (Å²) >= 11 is 7.51. The summed E-state index contributed by atoms with van der Waals surface area (Å²) in [6.07, 6.45) is 5.61. The van der Waals surface area contributed by atoms with Gasteiger partial charge in [-0.1, -0.05) is 29.4 Å². The number of hydrogen-bond acceptors (Lipinski definition) is 4. The fraction of sp³-hybridized carbons (Fsp3) is 0.471. The van der Waals surface area contributed by atoms with Crippen LogP contribution in [0.4, 0.5) is 4.39 Å². The maximum absolute atomic E-state index is 14.2. The van der Waals surface area contributed by atoms with Crippen molar-refractivity contribution in [1.82, 2.24) is 13.9 Å². The highest BCUT2D eigenvalue weighted by Crippen LogP contribution is 2.46. The van der Waals surface area contributed by atoms with Gasteiger partial charge < -0.3 is 4.57 Å².